The van der Waals surface area contributed by atoms with Gasteiger partial charge < -0.3 is 10.1 Å². The maximum absolute atomic E-state index is 11.9. The summed E-state index contributed by atoms with van der Waals surface area (Å²) in [6.07, 6.45) is -2.57. The van der Waals surface area contributed by atoms with Gasteiger partial charge in [0.1, 0.15) is 10.8 Å². The van der Waals surface area contributed by atoms with Crippen LogP contribution in [0.25, 0.3) is 0 Å². The van der Waals surface area contributed by atoms with Crippen molar-refractivity contribution in [2.24, 2.45) is 0 Å². The highest BCUT2D eigenvalue weighted by Gasteiger charge is 2.11. The lowest BCUT2D eigenvalue weighted by Crippen LogP contribution is -2.09. The molecule has 1 rings (SSSR count). The molecule has 7 heteroatoms. The van der Waals surface area contributed by atoms with E-state index in [-0.39, 0.29) is 10.9 Å². The lowest BCUT2D eigenvalue weighted by molar-refractivity contribution is 0.0797. The molecule has 84 valence electrons. The zero-order valence-electron chi connectivity index (χ0n) is 7.73. The van der Waals surface area contributed by atoms with E-state index in [2.05, 4.69) is 10.3 Å². The van der Waals surface area contributed by atoms with Crippen LogP contribution in [0.4, 0.5) is 14.6 Å². The standard InChI is InChI=1S/C8H8Cl2F2N2O/c1-13-7-4(9)2-5(10)8(14-7)15-3-6(11)12/h2,6H,3H2,1H3,(H,13,14). The molecule has 0 atom stereocenters. The van der Waals surface area contributed by atoms with E-state index >= 15 is 0 Å². The van der Waals surface area contributed by atoms with Crippen LogP contribution in [0, 0.1) is 0 Å². The third kappa shape index (κ3) is 3.35. The van der Waals surface area contributed by atoms with Crippen LogP contribution in [0.3, 0.4) is 0 Å². The predicted molar refractivity (Wildman–Crippen MR) is 55.3 cm³/mol. The van der Waals surface area contributed by atoms with Crippen LogP contribution in [0.2, 0.25) is 10.0 Å². The predicted octanol–water partition coefficient (Wildman–Crippen LogP) is 3.07. The van der Waals surface area contributed by atoms with Crippen LogP contribution in [-0.4, -0.2) is 25.1 Å². The average molecular weight is 257 g/mol. The molecule has 3 nitrogen and oxygen atoms in total. The van der Waals surface area contributed by atoms with Gasteiger partial charge in [0.05, 0.1) is 5.02 Å². The van der Waals surface area contributed by atoms with E-state index in [1.807, 2.05) is 0 Å². The molecule has 1 heterocycles. The van der Waals surface area contributed by atoms with Gasteiger partial charge in [0.15, 0.2) is 6.61 Å². The summed E-state index contributed by atoms with van der Waals surface area (Å²) in [5.41, 5.74) is 0. The molecule has 0 saturated heterocycles. The zero-order valence-corrected chi connectivity index (χ0v) is 9.24. The van der Waals surface area contributed by atoms with E-state index in [0.717, 1.165) is 0 Å². The van der Waals surface area contributed by atoms with E-state index in [9.17, 15) is 8.78 Å². The van der Waals surface area contributed by atoms with Crippen LogP contribution < -0.4 is 10.1 Å². The van der Waals surface area contributed by atoms with Crippen molar-refractivity contribution in [1.29, 1.82) is 0 Å². The van der Waals surface area contributed by atoms with E-state index in [4.69, 9.17) is 27.9 Å². The highest BCUT2D eigenvalue weighted by atomic mass is 35.5. The summed E-state index contributed by atoms with van der Waals surface area (Å²) < 4.78 is 28.5. The summed E-state index contributed by atoms with van der Waals surface area (Å²) in [6, 6.07) is 1.38. The van der Waals surface area contributed by atoms with Gasteiger partial charge in [-0.2, -0.15) is 4.98 Å². The van der Waals surface area contributed by atoms with Crippen molar-refractivity contribution in [3.63, 3.8) is 0 Å². The Bertz CT molecular complexity index is 350. The third-order valence-electron chi connectivity index (χ3n) is 1.48. The van der Waals surface area contributed by atoms with E-state index in [1.165, 1.54) is 6.07 Å². The largest absolute Gasteiger partial charge is 0.470 e. The Kier molecular flexibility index (Phi) is 4.35. The summed E-state index contributed by atoms with van der Waals surface area (Å²) in [7, 11) is 1.60. The molecule has 1 aromatic rings. The minimum atomic E-state index is -2.57. The molecule has 0 radical (unpaired) electrons. The summed E-state index contributed by atoms with van der Waals surface area (Å²) in [5.74, 6) is 0.260. The number of halogens is 4. The van der Waals surface area contributed by atoms with Crippen LogP contribution in [0.5, 0.6) is 5.88 Å². The summed E-state index contributed by atoms with van der Waals surface area (Å²) in [5, 5.41) is 3.08. The van der Waals surface area contributed by atoms with Gasteiger partial charge in [0, 0.05) is 7.05 Å². The van der Waals surface area contributed by atoms with Crippen LogP contribution in [-0.2, 0) is 0 Å². The fourth-order valence-electron chi connectivity index (χ4n) is 0.868. The first-order valence-corrected chi connectivity index (χ1v) is 4.75. The average Bonchev–Trinajstić information content (AvgIpc) is 2.16. The number of hydrogen-bond acceptors (Lipinski definition) is 3. The number of pyridine rings is 1. The number of hydrogen-bond donors (Lipinski definition) is 1. The van der Waals surface area contributed by atoms with Crippen molar-refractivity contribution in [2.75, 3.05) is 19.0 Å². The topological polar surface area (TPSA) is 34.2 Å². The molecular weight excluding hydrogens is 249 g/mol. The minimum absolute atomic E-state index is 0.0642. The fourth-order valence-corrected chi connectivity index (χ4v) is 1.38. The molecule has 0 aliphatic carbocycles. The van der Waals surface area contributed by atoms with Gasteiger partial charge in [-0.3, -0.25) is 0 Å². The maximum atomic E-state index is 11.9. The van der Waals surface area contributed by atoms with E-state index in [0.29, 0.717) is 10.8 Å². The Labute approximate surface area is 95.3 Å². The van der Waals surface area contributed by atoms with E-state index < -0.39 is 13.0 Å². The summed E-state index contributed by atoms with van der Waals surface area (Å²) in [4.78, 5) is 3.83. The number of nitrogens with one attached hydrogen (secondary N) is 1. The first-order chi connectivity index (χ1) is 7.04. The monoisotopic (exact) mass is 256 g/mol. The quantitative estimate of drug-likeness (QED) is 0.899. The minimum Gasteiger partial charge on any atom is -0.470 e. The third-order valence-corrected chi connectivity index (χ3v) is 2.04. The van der Waals surface area contributed by atoms with Crippen molar-refractivity contribution in [2.45, 2.75) is 6.43 Å². The zero-order chi connectivity index (χ0) is 11.4. The van der Waals surface area contributed by atoms with Gasteiger partial charge in [-0.05, 0) is 6.07 Å². The summed E-state index contributed by atoms with van der Waals surface area (Å²) >= 11 is 11.4. The lowest BCUT2D eigenvalue weighted by Gasteiger charge is -2.09. The van der Waals surface area contributed by atoms with Crippen molar-refractivity contribution in [3.8, 4) is 5.88 Å². The molecule has 15 heavy (non-hydrogen) atoms. The highest BCUT2D eigenvalue weighted by Crippen LogP contribution is 2.30. The molecule has 0 unspecified atom stereocenters. The molecule has 0 fully saturated rings. The first-order valence-electron chi connectivity index (χ1n) is 3.99. The normalized spacial score (nSPS) is 10.5. The van der Waals surface area contributed by atoms with Gasteiger partial charge in [-0.15, -0.1) is 0 Å². The smallest absolute Gasteiger partial charge is 0.272 e. The number of alkyl halides is 2. The van der Waals surface area contributed by atoms with Crippen molar-refractivity contribution in [1.82, 2.24) is 4.98 Å². The molecular formula is C8H8Cl2F2N2O. The molecule has 0 saturated carbocycles. The SMILES string of the molecule is CNc1nc(OCC(F)F)c(Cl)cc1Cl. The number of anilines is 1. The van der Waals surface area contributed by atoms with Gasteiger partial charge >= 0.3 is 0 Å². The fraction of sp³-hybridized carbons (Fsp3) is 0.375. The van der Waals surface area contributed by atoms with Gasteiger partial charge in [-0.1, -0.05) is 23.2 Å². The van der Waals surface area contributed by atoms with Crippen molar-refractivity contribution < 1.29 is 13.5 Å². The number of rotatable bonds is 4. The second-order valence-electron chi connectivity index (χ2n) is 2.56. The lowest BCUT2D eigenvalue weighted by atomic mass is 10.4. The van der Waals surface area contributed by atoms with Gasteiger partial charge in [0.2, 0.25) is 5.88 Å². The van der Waals surface area contributed by atoms with Gasteiger partial charge in [0.25, 0.3) is 6.43 Å². The maximum Gasteiger partial charge on any atom is 0.272 e. The van der Waals surface area contributed by atoms with Gasteiger partial charge in [-0.25, -0.2) is 8.78 Å². The van der Waals surface area contributed by atoms with Crippen molar-refractivity contribution >= 4 is 29.0 Å². The molecule has 0 spiro atoms. The summed E-state index contributed by atoms with van der Waals surface area (Å²) in [6.45, 7) is -0.752. The molecule has 0 aliphatic heterocycles. The highest BCUT2D eigenvalue weighted by molar-refractivity contribution is 6.36. The molecule has 0 aliphatic rings. The Morgan fingerprint density at radius 3 is 2.67 bits per heavy atom. The Morgan fingerprint density at radius 1 is 1.47 bits per heavy atom. The van der Waals surface area contributed by atoms with Crippen LogP contribution in [0.15, 0.2) is 6.07 Å². The first kappa shape index (κ1) is 12.3. The Morgan fingerprint density at radius 2 is 2.13 bits per heavy atom. The number of nitrogens with zero attached hydrogens (tertiary/aromatic N) is 1. The Hall–Kier alpha value is -0.810. The molecule has 0 amide bonds. The second kappa shape index (κ2) is 5.32. The number of aromatic nitrogens is 1. The molecule has 0 bridgehead atoms. The number of ether oxygens (including phenoxy) is 1. The van der Waals surface area contributed by atoms with Crippen LogP contribution in [0.1, 0.15) is 0 Å². The molecule has 0 aromatic carbocycles. The second-order valence-corrected chi connectivity index (χ2v) is 3.37. The molecule has 1 N–H and O–H groups in total. The van der Waals surface area contributed by atoms with E-state index in [1.54, 1.807) is 7.05 Å². The molecule has 1 aromatic heterocycles. The van der Waals surface area contributed by atoms with Crippen LogP contribution >= 0.6 is 23.2 Å². The Balaban J connectivity index is 2.87. The van der Waals surface area contributed by atoms with Crippen molar-refractivity contribution in [3.05, 3.63) is 16.1 Å².